The molecule has 100 valence electrons. The van der Waals surface area contributed by atoms with Crippen LogP contribution in [0.15, 0.2) is 0 Å². The number of rotatable bonds is 4. The topological polar surface area (TPSA) is 41.1 Å². The number of amides is 1. The summed E-state index contributed by atoms with van der Waals surface area (Å²) in [7, 11) is 0. The first-order valence-corrected chi connectivity index (χ1v) is 5.86. The second-order valence-corrected chi connectivity index (χ2v) is 4.81. The smallest absolute Gasteiger partial charge is 0.352 e. The van der Waals surface area contributed by atoms with Gasteiger partial charge in [-0.15, -0.1) is 0 Å². The minimum atomic E-state index is -4.27. The molecule has 1 amide bonds. The van der Waals surface area contributed by atoms with E-state index in [2.05, 4.69) is 24.5 Å². The lowest BCUT2D eigenvalue weighted by Crippen LogP contribution is -2.43. The Labute approximate surface area is 99.1 Å². The van der Waals surface area contributed by atoms with Crippen LogP contribution in [0.4, 0.5) is 13.2 Å². The monoisotopic (exact) mass is 252 g/mol. The number of hydrogen-bond acceptors (Lipinski definition) is 2. The van der Waals surface area contributed by atoms with E-state index in [1.807, 2.05) is 0 Å². The number of carbonyl (C=O) groups is 1. The molecule has 0 spiro atoms. The van der Waals surface area contributed by atoms with Crippen LogP contribution in [0.2, 0.25) is 0 Å². The standard InChI is InChI=1S/C11H19F3N2O/c1-7-3-4-9(8(7)2)16-10(17)5-15-6-11(12,13)14/h7-9,15H,3-6H2,1-2H3,(H,16,17). The summed E-state index contributed by atoms with van der Waals surface area (Å²) in [5, 5.41) is 4.86. The molecule has 0 aromatic heterocycles. The van der Waals surface area contributed by atoms with Gasteiger partial charge in [-0.1, -0.05) is 13.8 Å². The van der Waals surface area contributed by atoms with Gasteiger partial charge in [0.15, 0.2) is 0 Å². The van der Waals surface area contributed by atoms with Crippen molar-refractivity contribution in [2.75, 3.05) is 13.1 Å². The molecule has 0 aromatic carbocycles. The van der Waals surface area contributed by atoms with Crippen molar-refractivity contribution in [3.05, 3.63) is 0 Å². The van der Waals surface area contributed by atoms with Gasteiger partial charge in [-0.05, 0) is 24.7 Å². The Morgan fingerprint density at radius 1 is 1.29 bits per heavy atom. The summed E-state index contributed by atoms with van der Waals surface area (Å²) in [5.74, 6) is 0.588. The summed E-state index contributed by atoms with van der Waals surface area (Å²) in [6.45, 7) is 2.78. The molecule has 1 saturated carbocycles. The fraction of sp³-hybridized carbons (Fsp3) is 0.909. The van der Waals surface area contributed by atoms with Crippen LogP contribution >= 0.6 is 0 Å². The van der Waals surface area contributed by atoms with E-state index >= 15 is 0 Å². The summed E-state index contributed by atoms with van der Waals surface area (Å²) < 4.78 is 35.5. The largest absolute Gasteiger partial charge is 0.401 e. The van der Waals surface area contributed by atoms with Gasteiger partial charge in [0.2, 0.25) is 5.91 Å². The summed E-state index contributed by atoms with van der Waals surface area (Å²) >= 11 is 0. The van der Waals surface area contributed by atoms with E-state index in [0.717, 1.165) is 12.8 Å². The second kappa shape index (κ2) is 5.71. The highest BCUT2D eigenvalue weighted by molar-refractivity contribution is 5.78. The summed E-state index contributed by atoms with van der Waals surface area (Å²) in [5.41, 5.74) is 0. The Morgan fingerprint density at radius 3 is 2.41 bits per heavy atom. The number of hydrogen-bond donors (Lipinski definition) is 2. The summed E-state index contributed by atoms with van der Waals surface area (Å²) in [6.07, 6.45) is -2.30. The maximum atomic E-state index is 11.8. The average Bonchev–Trinajstić information content (AvgIpc) is 2.47. The highest BCUT2D eigenvalue weighted by Crippen LogP contribution is 2.30. The van der Waals surface area contributed by atoms with Crippen molar-refractivity contribution in [3.8, 4) is 0 Å². The zero-order chi connectivity index (χ0) is 13.1. The molecule has 0 aliphatic heterocycles. The van der Waals surface area contributed by atoms with Gasteiger partial charge in [-0.3, -0.25) is 4.79 Å². The van der Waals surface area contributed by atoms with Crippen LogP contribution in [0.3, 0.4) is 0 Å². The number of nitrogens with one attached hydrogen (secondary N) is 2. The summed E-state index contributed by atoms with van der Waals surface area (Å²) in [4.78, 5) is 11.4. The van der Waals surface area contributed by atoms with Gasteiger partial charge in [0, 0.05) is 6.04 Å². The molecule has 6 heteroatoms. The molecular weight excluding hydrogens is 233 g/mol. The zero-order valence-electron chi connectivity index (χ0n) is 10.1. The lowest BCUT2D eigenvalue weighted by atomic mass is 9.98. The Hall–Kier alpha value is -0.780. The Morgan fingerprint density at radius 2 is 1.94 bits per heavy atom. The number of alkyl halides is 3. The van der Waals surface area contributed by atoms with E-state index in [9.17, 15) is 18.0 Å². The molecular formula is C11H19F3N2O. The van der Waals surface area contributed by atoms with Gasteiger partial charge in [-0.2, -0.15) is 13.2 Å². The van der Waals surface area contributed by atoms with Crippen LogP contribution in [0, 0.1) is 11.8 Å². The first-order chi connectivity index (χ1) is 7.79. The predicted molar refractivity (Wildman–Crippen MR) is 58.4 cm³/mol. The number of carbonyl (C=O) groups excluding carboxylic acids is 1. The van der Waals surface area contributed by atoms with Crippen molar-refractivity contribution in [3.63, 3.8) is 0 Å². The highest BCUT2D eigenvalue weighted by Gasteiger charge is 2.31. The van der Waals surface area contributed by atoms with E-state index in [0.29, 0.717) is 11.8 Å². The van der Waals surface area contributed by atoms with E-state index in [1.54, 1.807) is 0 Å². The molecule has 3 atom stereocenters. The Kier molecular flexibility index (Phi) is 4.80. The molecule has 1 rings (SSSR count). The lowest BCUT2D eigenvalue weighted by Gasteiger charge is -2.19. The first-order valence-electron chi connectivity index (χ1n) is 5.86. The lowest BCUT2D eigenvalue weighted by molar-refractivity contribution is -0.128. The Balaban J connectivity index is 2.22. The third kappa shape index (κ3) is 4.93. The summed E-state index contributed by atoms with van der Waals surface area (Å²) in [6, 6.07) is 0.102. The van der Waals surface area contributed by atoms with Gasteiger partial charge in [0.25, 0.3) is 0 Å². The van der Waals surface area contributed by atoms with Crippen LogP contribution in [0.1, 0.15) is 26.7 Å². The highest BCUT2D eigenvalue weighted by atomic mass is 19.4. The van der Waals surface area contributed by atoms with Gasteiger partial charge < -0.3 is 10.6 Å². The van der Waals surface area contributed by atoms with Crippen molar-refractivity contribution in [2.45, 2.75) is 38.9 Å². The molecule has 3 nitrogen and oxygen atoms in total. The molecule has 3 unspecified atom stereocenters. The molecule has 0 saturated heterocycles. The SMILES string of the molecule is CC1CCC(NC(=O)CNCC(F)(F)F)C1C. The van der Waals surface area contributed by atoms with Gasteiger partial charge in [-0.25, -0.2) is 0 Å². The maximum Gasteiger partial charge on any atom is 0.401 e. The van der Waals surface area contributed by atoms with Gasteiger partial charge in [0.1, 0.15) is 0 Å². The van der Waals surface area contributed by atoms with Gasteiger partial charge >= 0.3 is 6.18 Å². The van der Waals surface area contributed by atoms with Crippen LogP contribution in [-0.2, 0) is 4.79 Å². The normalized spacial score (nSPS) is 29.4. The van der Waals surface area contributed by atoms with Crippen LogP contribution < -0.4 is 10.6 Å². The zero-order valence-corrected chi connectivity index (χ0v) is 10.1. The minimum absolute atomic E-state index is 0.102. The molecule has 0 bridgehead atoms. The van der Waals surface area contributed by atoms with Crippen molar-refractivity contribution in [1.29, 1.82) is 0 Å². The van der Waals surface area contributed by atoms with E-state index in [-0.39, 0.29) is 18.5 Å². The molecule has 2 N–H and O–H groups in total. The van der Waals surface area contributed by atoms with Crippen molar-refractivity contribution in [2.24, 2.45) is 11.8 Å². The third-order valence-corrected chi connectivity index (χ3v) is 3.42. The molecule has 1 aliphatic carbocycles. The minimum Gasteiger partial charge on any atom is -0.352 e. The number of halogens is 3. The fourth-order valence-electron chi connectivity index (χ4n) is 2.14. The van der Waals surface area contributed by atoms with Crippen LogP contribution in [0.5, 0.6) is 0 Å². The van der Waals surface area contributed by atoms with E-state index in [4.69, 9.17) is 0 Å². The molecule has 0 heterocycles. The first kappa shape index (κ1) is 14.3. The maximum absolute atomic E-state index is 11.8. The molecule has 0 aromatic rings. The second-order valence-electron chi connectivity index (χ2n) is 4.81. The Bertz CT molecular complexity index is 268. The quantitative estimate of drug-likeness (QED) is 0.799. The van der Waals surface area contributed by atoms with E-state index in [1.165, 1.54) is 0 Å². The molecule has 17 heavy (non-hydrogen) atoms. The van der Waals surface area contributed by atoms with Crippen LogP contribution in [0.25, 0.3) is 0 Å². The average molecular weight is 252 g/mol. The van der Waals surface area contributed by atoms with Crippen molar-refractivity contribution < 1.29 is 18.0 Å². The molecule has 0 radical (unpaired) electrons. The van der Waals surface area contributed by atoms with Gasteiger partial charge in [0.05, 0.1) is 13.1 Å². The van der Waals surface area contributed by atoms with Crippen LogP contribution in [-0.4, -0.2) is 31.2 Å². The molecule has 1 aliphatic rings. The van der Waals surface area contributed by atoms with Crippen molar-refractivity contribution >= 4 is 5.91 Å². The van der Waals surface area contributed by atoms with E-state index < -0.39 is 12.7 Å². The third-order valence-electron chi connectivity index (χ3n) is 3.42. The van der Waals surface area contributed by atoms with Crippen molar-refractivity contribution in [1.82, 2.24) is 10.6 Å². The molecule has 1 fully saturated rings. The predicted octanol–water partition coefficient (Wildman–Crippen LogP) is 1.69. The fourth-order valence-corrected chi connectivity index (χ4v) is 2.14.